The van der Waals surface area contributed by atoms with Gasteiger partial charge in [-0.1, -0.05) is 11.6 Å². The number of halogens is 1. The maximum atomic E-state index is 11.2. The number of thiophene rings is 1. The van der Waals surface area contributed by atoms with Crippen molar-refractivity contribution in [3.8, 4) is 0 Å². The summed E-state index contributed by atoms with van der Waals surface area (Å²) in [5.74, 6) is 0.0807. The SMILES string of the molecule is CNC(=O)CCN1CCO[C@H](c2ccc(Cl)s2)C1. The van der Waals surface area contributed by atoms with Gasteiger partial charge in [-0.3, -0.25) is 9.69 Å². The van der Waals surface area contributed by atoms with Crippen LogP contribution in [0.4, 0.5) is 0 Å². The largest absolute Gasteiger partial charge is 0.370 e. The second kappa shape index (κ2) is 6.52. The highest BCUT2D eigenvalue weighted by atomic mass is 35.5. The van der Waals surface area contributed by atoms with Gasteiger partial charge in [-0.2, -0.15) is 0 Å². The first-order chi connectivity index (χ1) is 8.69. The van der Waals surface area contributed by atoms with Crippen LogP contribution in [0.25, 0.3) is 0 Å². The first kappa shape index (κ1) is 13.8. The van der Waals surface area contributed by atoms with Crippen LogP contribution in [0.1, 0.15) is 17.4 Å². The minimum Gasteiger partial charge on any atom is -0.370 e. The molecule has 18 heavy (non-hydrogen) atoms. The molecule has 1 aromatic heterocycles. The van der Waals surface area contributed by atoms with Gasteiger partial charge in [0.2, 0.25) is 5.91 Å². The van der Waals surface area contributed by atoms with Gasteiger partial charge in [-0.05, 0) is 12.1 Å². The molecule has 4 nitrogen and oxygen atoms in total. The molecule has 1 aliphatic heterocycles. The zero-order valence-corrected chi connectivity index (χ0v) is 11.9. The molecule has 1 saturated heterocycles. The summed E-state index contributed by atoms with van der Waals surface area (Å²) in [6, 6.07) is 3.91. The molecular weight excluding hydrogens is 272 g/mol. The van der Waals surface area contributed by atoms with E-state index >= 15 is 0 Å². The van der Waals surface area contributed by atoms with Gasteiger partial charge in [-0.25, -0.2) is 0 Å². The Kier molecular flexibility index (Phi) is 5.00. The van der Waals surface area contributed by atoms with Crippen LogP contribution in [0.2, 0.25) is 4.34 Å². The molecule has 1 atom stereocenters. The van der Waals surface area contributed by atoms with E-state index in [0.29, 0.717) is 13.0 Å². The Balaban J connectivity index is 1.86. The van der Waals surface area contributed by atoms with Crippen LogP contribution in [-0.4, -0.2) is 44.1 Å². The van der Waals surface area contributed by atoms with Crippen LogP contribution < -0.4 is 5.32 Å². The fourth-order valence-corrected chi connectivity index (χ4v) is 3.07. The van der Waals surface area contributed by atoms with Crippen molar-refractivity contribution in [2.24, 2.45) is 0 Å². The minimum absolute atomic E-state index is 0.0807. The highest BCUT2D eigenvalue weighted by Gasteiger charge is 2.23. The number of hydrogen-bond donors (Lipinski definition) is 1. The number of rotatable bonds is 4. The first-order valence-electron chi connectivity index (χ1n) is 5.99. The van der Waals surface area contributed by atoms with Gasteiger partial charge in [0.25, 0.3) is 0 Å². The summed E-state index contributed by atoms with van der Waals surface area (Å²) in [6.45, 7) is 3.19. The van der Waals surface area contributed by atoms with E-state index < -0.39 is 0 Å². The molecule has 1 fully saturated rings. The lowest BCUT2D eigenvalue weighted by Gasteiger charge is -2.32. The van der Waals surface area contributed by atoms with Gasteiger partial charge in [0.05, 0.1) is 10.9 Å². The molecule has 0 unspecified atom stereocenters. The van der Waals surface area contributed by atoms with E-state index in [4.69, 9.17) is 16.3 Å². The molecule has 0 saturated carbocycles. The molecule has 1 aliphatic rings. The Hall–Kier alpha value is -0.620. The molecule has 100 valence electrons. The maximum Gasteiger partial charge on any atom is 0.221 e. The smallest absolute Gasteiger partial charge is 0.221 e. The minimum atomic E-state index is 0.0807. The number of morpholine rings is 1. The molecular formula is C12H17ClN2O2S. The van der Waals surface area contributed by atoms with E-state index in [1.807, 2.05) is 12.1 Å². The Bertz CT molecular complexity index is 411. The van der Waals surface area contributed by atoms with Gasteiger partial charge in [-0.15, -0.1) is 11.3 Å². The normalized spacial score (nSPS) is 20.9. The van der Waals surface area contributed by atoms with Crippen molar-refractivity contribution in [2.45, 2.75) is 12.5 Å². The van der Waals surface area contributed by atoms with E-state index in [0.717, 1.165) is 28.8 Å². The average Bonchev–Trinajstić information content (AvgIpc) is 2.83. The number of carbonyl (C=O) groups is 1. The van der Waals surface area contributed by atoms with Crippen LogP contribution in [0.5, 0.6) is 0 Å². The van der Waals surface area contributed by atoms with Crippen LogP contribution in [0.3, 0.4) is 0 Å². The number of nitrogens with one attached hydrogen (secondary N) is 1. The summed E-state index contributed by atoms with van der Waals surface area (Å²) in [5.41, 5.74) is 0. The molecule has 0 aromatic carbocycles. The number of ether oxygens (including phenoxy) is 1. The average molecular weight is 289 g/mol. The predicted molar refractivity (Wildman–Crippen MR) is 73.1 cm³/mol. The monoisotopic (exact) mass is 288 g/mol. The fourth-order valence-electron chi connectivity index (χ4n) is 1.96. The molecule has 0 spiro atoms. The third kappa shape index (κ3) is 3.68. The van der Waals surface area contributed by atoms with E-state index in [9.17, 15) is 4.79 Å². The Morgan fingerprint density at radius 1 is 1.67 bits per heavy atom. The topological polar surface area (TPSA) is 41.6 Å². The van der Waals surface area contributed by atoms with Crippen LogP contribution >= 0.6 is 22.9 Å². The lowest BCUT2D eigenvalue weighted by atomic mass is 10.2. The quantitative estimate of drug-likeness (QED) is 0.920. The predicted octanol–water partition coefficient (Wildman–Crippen LogP) is 1.91. The standard InChI is InChI=1S/C12H17ClN2O2S/c1-14-12(16)4-5-15-6-7-17-9(8-15)10-2-3-11(13)18-10/h2-3,9H,4-8H2,1H3,(H,14,16)/t9-/m0/s1. The highest BCUT2D eigenvalue weighted by Crippen LogP contribution is 2.31. The van der Waals surface area contributed by atoms with Gasteiger partial charge < -0.3 is 10.1 Å². The van der Waals surface area contributed by atoms with Crippen molar-refractivity contribution < 1.29 is 9.53 Å². The zero-order valence-electron chi connectivity index (χ0n) is 10.3. The Labute approximate surface area is 116 Å². The summed E-state index contributed by atoms with van der Waals surface area (Å²) < 4.78 is 6.54. The summed E-state index contributed by atoms with van der Waals surface area (Å²) >= 11 is 7.49. The molecule has 2 heterocycles. The second-order valence-corrected chi connectivity index (χ2v) is 5.97. The maximum absolute atomic E-state index is 11.2. The van der Waals surface area contributed by atoms with Crippen molar-refractivity contribution >= 4 is 28.8 Å². The van der Waals surface area contributed by atoms with Crippen molar-refractivity contribution in [3.63, 3.8) is 0 Å². The molecule has 0 radical (unpaired) electrons. The lowest BCUT2D eigenvalue weighted by Crippen LogP contribution is -2.39. The lowest BCUT2D eigenvalue weighted by molar-refractivity contribution is -0.121. The first-order valence-corrected chi connectivity index (χ1v) is 7.18. The fraction of sp³-hybridized carbons (Fsp3) is 0.583. The molecule has 2 rings (SSSR count). The van der Waals surface area contributed by atoms with Crippen molar-refractivity contribution in [3.05, 3.63) is 21.3 Å². The third-order valence-electron chi connectivity index (χ3n) is 3.00. The molecule has 6 heteroatoms. The summed E-state index contributed by atoms with van der Waals surface area (Å²) in [7, 11) is 1.66. The second-order valence-electron chi connectivity index (χ2n) is 4.23. The molecule has 0 aliphatic carbocycles. The molecule has 0 bridgehead atoms. The van der Waals surface area contributed by atoms with E-state index in [1.165, 1.54) is 0 Å². The van der Waals surface area contributed by atoms with Crippen molar-refractivity contribution in [2.75, 3.05) is 33.3 Å². The van der Waals surface area contributed by atoms with E-state index in [2.05, 4.69) is 10.2 Å². The van der Waals surface area contributed by atoms with Crippen LogP contribution in [0, 0.1) is 0 Å². The van der Waals surface area contributed by atoms with Gasteiger partial charge in [0, 0.05) is 38.0 Å². The molecule has 1 aromatic rings. The summed E-state index contributed by atoms with van der Waals surface area (Å²) in [6.07, 6.45) is 0.620. The Morgan fingerprint density at radius 2 is 2.50 bits per heavy atom. The molecule has 1 N–H and O–H groups in total. The van der Waals surface area contributed by atoms with E-state index in [1.54, 1.807) is 18.4 Å². The number of carbonyl (C=O) groups excluding carboxylic acids is 1. The number of hydrogen-bond acceptors (Lipinski definition) is 4. The van der Waals surface area contributed by atoms with Crippen LogP contribution in [-0.2, 0) is 9.53 Å². The summed E-state index contributed by atoms with van der Waals surface area (Å²) in [5, 5.41) is 2.64. The van der Waals surface area contributed by atoms with Gasteiger partial charge in [0.1, 0.15) is 6.10 Å². The zero-order chi connectivity index (χ0) is 13.0. The summed E-state index contributed by atoms with van der Waals surface area (Å²) in [4.78, 5) is 14.6. The molecule has 1 amide bonds. The van der Waals surface area contributed by atoms with Gasteiger partial charge in [0.15, 0.2) is 0 Å². The number of amides is 1. The number of nitrogens with zero attached hydrogens (tertiary/aromatic N) is 1. The van der Waals surface area contributed by atoms with Crippen molar-refractivity contribution in [1.29, 1.82) is 0 Å². The van der Waals surface area contributed by atoms with Gasteiger partial charge >= 0.3 is 0 Å². The Morgan fingerprint density at radius 3 is 3.17 bits per heavy atom. The highest BCUT2D eigenvalue weighted by molar-refractivity contribution is 7.16. The van der Waals surface area contributed by atoms with Crippen molar-refractivity contribution in [1.82, 2.24) is 10.2 Å². The third-order valence-corrected chi connectivity index (χ3v) is 4.32. The van der Waals surface area contributed by atoms with Crippen LogP contribution in [0.15, 0.2) is 12.1 Å². The van der Waals surface area contributed by atoms with E-state index in [-0.39, 0.29) is 12.0 Å².